The van der Waals surface area contributed by atoms with Gasteiger partial charge in [0.1, 0.15) is 0 Å². The van der Waals surface area contributed by atoms with Crippen LogP contribution in [0.15, 0.2) is 24.3 Å². The maximum absolute atomic E-state index is 11.8. The molecule has 0 heterocycles. The van der Waals surface area contributed by atoms with Gasteiger partial charge in [0, 0.05) is 12.6 Å². The maximum atomic E-state index is 11.8. The fraction of sp³-hybridized carbons (Fsp3) is 0.500. The van der Waals surface area contributed by atoms with Crippen molar-refractivity contribution < 1.29 is 8.42 Å². The van der Waals surface area contributed by atoms with Crippen LogP contribution in [0.1, 0.15) is 24.5 Å². The quantitative estimate of drug-likeness (QED) is 0.822. The van der Waals surface area contributed by atoms with Gasteiger partial charge in [-0.1, -0.05) is 31.2 Å². The summed E-state index contributed by atoms with van der Waals surface area (Å²) < 4.78 is 26.3. The van der Waals surface area contributed by atoms with Crippen molar-refractivity contribution in [3.63, 3.8) is 0 Å². The summed E-state index contributed by atoms with van der Waals surface area (Å²) in [5, 5.41) is 0. The zero-order valence-electron chi connectivity index (χ0n) is 9.89. The molecular formula is C12H18N2O2S. The molecule has 3 N–H and O–H groups in total. The average molecular weight is 254 g/mol. The largest absolute Gasteiger partial charge is 0.326 e. The SMILES string of the molecule is CC1CC1NS(=O)(=O)Cc1ccc(CN)cc1. The van der Waals surface area contributed by atoms with E-state index in [1.165, 1.54) is 0 Å². The first-order valence-electron chi connectivity index (χ1n) is 5.78. The fourth-order valence-corrected chi connectivity index (χ4v) is 3.25. The Hall–Kier alpha value is -0.910. The second kappa shape index (κ2) is 4.76. The topological polar surface area (TPSA) is 72.2 Å². The Labute approximate surface area is 102 Å². The Morgan fingerprint density at radius 2 is 1.82 bits per heavy atom. The van der Waals surface area contributed by atoms with Gasteiger partial charge in [0.05, 0.1) is 5.75 Å². The number of nitrogens with two attached hydrogens (primary N) is 1. The van der Waals surface area contributed by atoms with Gasteiger partial charge in [-0.2, -0.15) is 0 Å². The molecular weight excluding hydrogens is 236 g/mol. The first-order chi connectivity index (χ1) is 8.00. The van der Waals surface area contributed by atoms with Crippen molar-refractivity contribution in [3.05, 3.63) is 35.4 Å². The molecule has 4 nitrogen and oxygen atoms in total. The summed E-state index contributed by atoms with van der Waals surface area (Å²) >= 11 is 0. The van der Waals surface area contributed by atoms with E-state index < -0.39 is 10.0 Å². The number of nitrogens with one attached hydrogen (secondary N) is 1. The third-order valence-electron chi connectivity index (χ3n) is 3.06. The van der Waals surface area contributed by atoms with Gasteiger partial charge in [-0.15, -0.1) is 0 Å². The highest BCUT2D eigenvalue weighted by molar-refractivity contribution is 7.88. The van der Waals surface area contributed by atoms with Crippen LogP contribution in [-0.4, -0.2) is 14.5 Å². The maximum Gasteiger partial charge on any atom is 0.216 e. The van der Waals surface area contributed by atoms with Crippen LogP contribution in [0.4, 0.5) is 0 Å². The lowest BCUT2D eigenvalue weighted by Crippen LogP contribution is -2.28. The molecule has 0 spiro atoms. The molecule has 1 saturated carbocycles. The molecule has 1 fully saturated rings. The number of hydrogen-bond acceptors (Lipinski definition) is 3. The second-order valence-electron chi connectivity index (χ2n) is 4.72. The van der Waals surface area contributed by atoms with Crippen LogP contribution in [0.2, 0.25) is 0 Å². The van der Waals surface area contributed by atoms with Crippen LogP contribution in [0.5, 0.6) is 0 Å². The number of rotatable bonds is 5. The number of sulfonamides is 1. The molecule has 0 bridgehead atoms. The molecule has 1 aromatic carbocycles. The molecule has 2 atom stereocenters. The summed E-state index contributed by atoms with van der Waals surface area (Å²) in [6.07, 6.45) is 0.950. The van der Waals surface area contributed by atoms with E-state index in [1.807, 2.05) is 31.2 Å². The third kappa shape index (κ3) is 3.52. The van der Waals surface area contributed by atoms with E-state index in [2.05, 4.69) is 4.72 Å². The molecule has 1 aromatic rings. The zero-order chi connectivity index (χ0) is 12.5. The van der Waals surface area contributed by atoms with E-state index in [0.717, 1.165) is 17.5 Å². The van der Waals surface area contributed by atoms with Crippen molar-refractivity contribution in [2.24, 2.45) is 11.7 Å². The van der Waals surface area contributed by atoms with Crippen LogP contribution >= 0.6 is 0 Å². The van der Waals surface area contributed by atoms with Gasteiger partial charge < -0.3 is 5.73 Å². The lowest BCUT2D eigenvalue weighted by atomic mass is 10.1. The van der Waals surface area contributed by atoms with Crippen LogP contribution in [0, 0.1) is 5.92 Å². The standard InChI is InChI=1S/C12H18N2O2S/c1-9-6-12(9)14-17(15,16)8-11-4-2-10(7-13)3-5-11/h2-5,9,12,14H,6-8,13H2,1H3. The second-order valence-corrected chi connectivity index (χ2v) is 6.47. The number of benzene rings is 1. The van der Waals surface area contributed by atoms with Crippen molar-refractivity contribution >= 4 is 10.0 Å². The van der Waals surface area contributed by atoms with Crippen LogP contribution in [-0.2, 0) is 22.3 Å². The first kappa shape index (κ1) is 12.5. The third-order valence-corrected chi connectivity index (χ3v) is 4.43. The summed E-state index contributed by atoms with van der Waals surface area (Å²) in [4.78, 5) is 0. The predicted octanol–water partition coefficient (Wildman–Crippen LogP) is 0.973. The molecule has 0 amide bonds. The lowest BCUT2D eigenvalue weighted by Gasteiger charge is -2.06. The summed E-state index contributed by atoms with van der Waals surface area (Å²) in [6, 6.07) is 7.51. The molecule has 1 aliphatic carbocycles. The van der Waals surface area contributed by atoms with E-state index in [0.29, 0.717) is 12.5 Å². The summed E-state index contributed by atoms with van der Waals surface area (Å²) in [6.45, 7) is 2.52. The minimum absolute atomic E-state index is 0.0427. The highest BCUT2D eigenvalue weighted by atomic mass is 32.2. The molecule has 0 aromatic heterocycles. The minimum atomic E-state index is -3.21. The van der Waals surface area contributed by atoms with Crippen LogP contribution in [0.25, 0.3) is 0 Å². The molecule has 0 aliphatic heterocycles. The molecule has 17 heavy (non-hydrogen) atoms. The monoisotopic (exact) mass is 254 g/mol. The highest BCUT2D eigenvalue weighted by Crippen LogP contribution is 2.30. The Kier molecular flexibility index (Phi) is 3.51. The van der Waals surface area contributed by atoms with Gasteiger partial charge in [-0.3, -0.25) is 0 Å². The first-order valence-corrected chi connectivity index (χ1v) is 7.43. The molecule has 0 radical (unpaired) electrons. The van der Waals surface area contributed by atoms with Gasteiger partial charge in [0.2, 0.25) is 10.0 Å². The molecule has 0 saturated heterocycles. The highest BCUT2D eigenvalue weighted by Gasteiger charge is 2.35. The van der Waals surface area contributed by atoms with Gasteiger partial charge in [-0.05, 0) is 23.5 Å². The van der Waals surface area contributed by atoms with E-state index in [-0.39, 0.29) is 11.8 Å². The van der Waals surface area contributed by atoms with E-state index >= 15 is 0 Å². The van der Waals surface area contributed by atoms with Crippen LogP contribution < -0.4 is 10.5 Å². The Bertz CT molecular complexity index is 482. The van der Waals surface area contributed by atoms with E-state index in [1.54, 1.807) is 0 Å². The van der Waals surface area contributed by atoms with Crippen molar-refractivity contribution in [1.29, 1.82) is 0 Å². The van der Waals surface area contributed by atoms with Crippen molar-refractivity contribution in [1.82, 2.24) is 4.72 Å². The molecule has 94 valence electrons. The van der Waals surface area contributed by atoms with Gasteiger partial charge >= 0.3 is 0 Å². The normalized spacial score (nSPS) is 23.6. The van der Waals surface area contributed by atoms with E-state index in [4.69, 9.17) is 5.73 Å². The smallest absolute Gasteiger partial charge is 0.216 e. The molecule has 2 unspecified atom stereocenters. The fourth-order valence-electron chi connectivity index (χ4n) is 1.75. The molecule has 1 aliphatic rings. The molecule has 5 heteroatoms. The predicted molar refractivity (Wildman–Crippen MR) is 67.7 cm³/mol. The lowest BCUT2D eigenvalue weighted by molar-refractivity contribution is 0.577. The molecule has 2 rings (SSSR count). The summed E-state index contributed by atoms with van der Waals surface area (Å²) in [7, 11) is -3.21. The summed E-state index contributed by atoms with van der Waals surface area (Å²) in [5.41, 5.74) is 7.29. The van der Waals surface area contributed by atoms with Gasteiger partial charge in [0.25, 0.3) is 0 Å². The van der Waals surface area contributed by atoms with E-state index in [9.17, 15) is 8.42 Å². The number of hydrogen-bond donors (Lipinski definition) is 2. The summed E-state index contributed by atoms with van der Waals surface area (Å²) in [5.74, 6) is 0.519. The van der Waals surface area contributed by atoms with Crippen molar-refractivity contribution in [2.45, 2.75) is 31.7 Å². The van der Waals surface area contributed by atoms with Crippen molar-refractivity contribution in [3.8, 4) is 0 Å². The van der Waals surface area contributed by atoms with Crippen molar-refractivity contribution in [2.75, 3.05) is 0 Å². The average Bonchev–Trinajstić information content (AvgIpc) is 2.93. The Morgan fingerprint density at radius 1 is 1.29 bits per heavy atom. The van der Waals surface area contributed by atoms with Gasteiger partial charge in [0.15, 0.2) is 0 Å². The Balaban J connectivity index is 1.98. The minimum Gasteiger partial charge on any atom is -0.326 e. The van der Waals surface area contributed by atoms with Crippen LogP contribution in [0.3, 0.4) is 0 Å². The Morgan fingerprint density at radius 3 is 2.29 bits per heavy atom. The zero-order valence-corrected chi connectivity index (χ0v) is 10.7. The van der Waals surface area contributed by atoms with Gasteiger partial charge in [-0.25, -0.2) is 13.1 Å².